The van der Waals surface area contributed by atoms with Crippen LogP contribution < -0.4 is 21.1 Å². The molecule has 1 aliphatic heterocycles. The number of H-pyrrole nitrogens is 1. The highest BCUT2D eigenvalue weighted by molar-refractivity contribution is 6.31. The second kappa shape index (κ2) is 9.67. The molecule has 1 aromatic carbocycles. The average molecular weight is 431 g/mol. The summed E-state index contributed by atoms with van der Waals surface area (Å²) in [7, 11) is 0. The number of amides is 1. The normalized spacial score (nSPS) is 14.6. The molecule has 162 valence electrons. The van der Waals surface area contributed by atoms with Crippen molar-refractivity contribution < 1.29 is 4.79 Å². The van der Waals surface area contributed by atoms with Gasteiger partial charge < -0.3 is 20.5 Å². The number of aromatic amines is 1. The van der Waals surface area contributed by atoms with E-state index in [1.54, 1.807) is 6.07 Å². The van der Waals surface area contributed by atoms with E-state index < -0.39 is 0 Å². The number of piperidine rings is 1. The molecule has 0 spiro atoms. The number of nitrogens with zero attached hydrogens (tertiary/aromatic N) is 1. The van der Waals surface area contributed by atoms with Crippen LogP contribution in [0.25, 0.3) is 0 Å². The number of carbonyl (C=O) groups excluding carboxylic acids is 1. The molecule has 1 saturated heterocycles. The van der Waals surface area contributed by atoms with Crippen LogP contribution in [0.4, 0.5) is 5.69 Å². The van der Waals surface area contributed by atoms with Gasteiger partial charge in [-0.05, 0) is 83.0 Å². The number of halogens is 1. The molecule has 6 nitrogen and oxygen atoms in total. The first-order valence-electron chi connectivity index (χ1n) is 10.6. The summed E-state index contributed by atoms with van der Waals surface area (Å²) in [6.07, 6.45) is 2.13. The molecule has 30 heavy (non-hydrogen) atoms. The van der Waals surface area contributed by atoms with Crippen molar-refractivity contribution in [3.63, 3.8) is 0 Å². The van der Waals surface area contributed by atoms with Crippen LogP contribution in [0.2, 0.25) is 5.02 Å². The van der Waals surface area contributed by atoms with Crippen molar-refractivity contribution in [1.82, 2.24) is 15.6 Å². The Morgan fingerprint density at radius 3 is 2.53 bits per heavy atom. The van der Waals surface area contributed by atoms with Gasteiger partial charge in [-0.1, -0.05) is 11.6 Å². The number of hydrogen-bond acceptors (Lipinski definition) is 4. The average Bonchev–Trinajstić information content (AvgIpc) is 2.70. The number of anilines is 1. The predicted molar refractivity (Wildman–Crippen MR) is 123 cm³/mol. The summed E-state index contributed by atoms with van der Waals surface area (Å²) in [6, 6.07) is 5.99. The van der Waals surface area contributed by atoms with Crippen molar-refractivity contribution in [2.24, 2.45) is 0 Å². The van der Waals surface area contributed by atoms with Gasteiger partial charge in [-0.2, -0.15) is 0 Å². The molecule has 1 amide bonds. The van der Waals surface area contributed by atoms with Crippen LogP contribution in [0.15, 0.2) is 23.0 Å². The first kappa shape index (κ1) is 22.4. The third-order valence-corrected chi connectivity index (χ3v) is 6.13. The molecule has 2 heterocycles. The number of hydrogen-bond donors (Lipinski definition) is 3. The van der Waals surface area contributed by atoms with E-state index in [-0.39, 0.29) is 18.0 Å². The third kappa shape index (κ3) is 4.87. The number of nitrogens with one attached hydrogen (secondary N) is 3. The molecule has 1 aromatic heterocycles. The van der Waals surface area contributed by atoms with Gasteiger partial charge in [-0.3, -0.25) is 9.59 Å². The van der Waals surface area contributed by atoms with Crippen LogP contribution in [0.3, 0.4) is 0 Å². The van der Waals surface area contributed by atoms with E-state index >= 15 is 0 Å². The van der Waals surface area contributed by atoms with Gasteiger partial charge in [-0.15, -0.1) is 0 Å². The van der Waals surface area contributed by atoms with Crippen molar-refractivity contribution >= 4 is 23.2 Å². The van der Waals surface area contributed by atoms with E-state index in [0.717, 1.165) is 55.0 Å². The number of carbonyl (C=O) groups is 1. The lowest BCUT2D eigenvalue weighted by atomic mass is 10.00. The van der Waals surface area contributed by atoms with E-state index in [1.165, 1.54) is 0 Å². The van der Waals surface area contributed by atoms with E-state index in [9.17, 15) is 9.59 Å². The van der Waals surface area contributed by atoms with Crippen molar-refractivity contribution in [3.05, 3.63) is 61.5 Å². The summed E-state index contributed by atoms with van der Waals surface area (Å²) in [5, 5.41) is 6.84. The minimum absolute atomic E-state index is 0.167. The maximum atomic E-state index is 13.0. The topological polar surface area (TPSA) is 77.2 Å². The SMILES string of the molecule is CCN(c1cc(Cl)cc(C(=O)NCc2c(C)cc(C)[nH]c2=O)c1C)C1CCNCC1. The van der Waals surface area contributed by atoms with Crippen molar-refractivity contribution in [3.8, 4) is 0 Å². The van der Waals surface area contributed by atoms with Crippen molar-refractivity contribution in [2.75, 3.05) is 24.5 Å². The molecule has 0 aliphatic carbocycles. The maximum absolute atomic E-state index is 13.0. The molecule has 2 aromatic rings. The summed E-state index contributed by atoms with van der Waals surface area (Å²) in [5.74, 6) is -0.225. The van der Waals surface area contributed by atoms with E-state index in [4.69, 9.17) is 11.6 Å². The van der Waals surface area contributed by atoms with Crippen LogP contribution in [0.5, 0.6) is 0 Å². The lowest BCUT2D eigenvalue weighted by molar-refractivity contribution is 0.0950. The Morgan fingerprint density at radius 2 is 1.90 bits per heavy atom. The third-order valence-electron chi connectivity index (χ3n) is 5.91. The lowest BCUT2D eigenvalue weighted by Crippen LogP contribution is -2.43. The maximum Gasteiger partial charge on any atom is 0.253 e. The number of rotatable bonds is 6. The Kier molecular flexibility index (Phi) is 7.21. The lowest BCUT2D eigenvalue weighted by Gasteiger charge is -2.37. The van der Waals surface area contributed by atoms with Gasteiger partial charge in [0.1, 0.15) is 0 Å². The summed E-state index contributed by atoms with van der Waals surface area (Å²) in [4.78, 5) is 30.4. The Morgan fingerprint density at radius 1 is 1.20 bits per heavy atom. The largest absolute Gasteiger partial charge is 0.368 e. The minimum atomic E-state index is -0.225. The molecule has 0 unspecified atom stereocenters. The Balaban J connectivity index is 1.85. The Hall–Kier alpha value is -2.31. The van der Waals surface area contributed by atoms with Gasteiger partial charge in [-0.25, -0.2) is 0 Å². The Bertz CT molecular complexity index is 980. The molecule has 1 fully saturated rings. The molecule has 1 aliphatic rings. The quantitative estimate of drug-likeness (QED) is 0.655. The summed E-state index contributed by atoms with van der Waals surface area (Å²) in [5.41, 5.74) is 4.53. The van der Waals surface area contributed by atoms with E-state index in [1.807, 2.05) is 32.9 Å². The first-order valence-corrected chi connectivity index (χ1v) is 10.9. The van der Waals surface area contributed by atoms with Gasteiger partial charge in [0.15, 0.2) is 0 Å². The molecule has 0 bridgehead atoms. The molecule has 3 rings (SSSR count). The number of aromatic nitrogens is 1. The second-order valence-corrected chi connectivity index (χ2v) is 8.43. The van der Waals surface area contributed by atoms with Crippen molar-refractivity contribution in [1.29, 1.82) is 0 Å². The van der Waals surface area contributed by atoms with Crippen LogP contribution in [-0.2, 0) is 6.54 Å². The summed E-state index contributed by atoms with van der Waals surface area (Å²) < 4.78 is 0. The monoisotopic (exact) mass is 430 g/mol. The van der Waals surface area contributed by atoms with Gasteiger partial charge in [0.25, 0.3) is 11.5 Å². The van der Waals surface area contributed by atoms with Gasteiger partial charge in [0, 0.05) is 46.7 Å². The fourth-order valence-electron chi connectivity index (χ4n) is 4.31. The smallest absolute Gasteiger partial charge is 0.253 e. The zero-order chi connectivity index (χ0) is 21.8. The zero-order valence-electron chi connectivity index (χ0n) is 18.2. The molecular weight excluding hydrogens is 400 g/mol. The highest BCUT2D eigenvalue weighted by atomic mass is 35.5. The highest BCUT2D eigenvalue weighted by Gasteiger charge is 2.24. The number of pyridine rings is 1. The van der Waals surface area contributed by atoms with Crippen LogP contribution in [0, 0.1) is 20.8 Å². The molecule has 0 radical (unpaired) electrons. The minimum Gasteiger partial charge on any atom is -0.368 e. The van der Waals surface area contributed by atoms with Gasteiger partial charge in [0.2, 0.25) is 0 Å². The van der Waals surface area contributed by atoms with E-state index in [0.29, 0.717) is 22.2 Å². The molecule has 0 saturated carbocycles. The summed E-state index contributed by atoms with van der Waals surface area (Å²) in [6.45, 7) is 10.8. The highest BCUT2D eigenvalue weighted by Crippen LogP contribution is 2.31. The fraction of sp³-hybridized carbons (Fsp3) is 0.478. The fourth-order valence-corrected chi connectivity index (χ4v) is 4.52. The predicted octanol–water partition coefficient (Wildman–Crippen LogP) is 3.46. The van der Waals surface area contributed by atoms with Gasteiger partial charge in [0.05, 0.1) is 0 Å². The van der Waals surface area contributed by atoms with E-state index in [2.05, 4.69) is 27.4 Å². The standard InChI is InChI=1S/C23H31ClN4O2/c1-5-28(18-6-8-25-9-7-18)21-12-17(24)11-19(16(21)4)22(29)26-13-20-14(2)10-15(3)27-23(20)30/h10-12,18,25H,5-9,13H2,1-4H3,(H,26,29)(H,27,30). The molecule has 0 atom stereocenters. The second-order valence-electron chi connectivity index (χ2n) is 7.99. The van der Waals surface area contributed by atoms with Gasteiger partial charge >= 0.3 is 0 Å². The summed E-state index contributed by atoms with van der Waals surface area (Å²) >= 11 is 6.42. The first-order chi connectivity index (χ1) is 14.3. The number of aryl methyl sites for hydroxylation is 2. The number of benzene rings is 1. The molecule has 3 N–H and O–H groups in total. The Labute approximate surface area is 183 Å². The van der Waals surface area contributed by atoms with Crippen LogP contribution >= 0.6 is 11.6 Å². The van der Waals surface area contributed by atoms with Crippen LogP contribution in [0.1, 0.15) is 52.5 Å². The van der Waals surface area contributed by atoms with Crippen molar-refractivity contribution in [2.45, 2.75) is 53.1 Å². The molecule has 7 heteroatoms. The zero-order valence-corrected chi connectivity index (χ0v) is 18.9. The van der Waals surface area contributed by atoms with Crippen LogP contribution in [-0.4, -0.2) is 36.6 Å². The molecular formula is C23H31ClN4O2.